The molecule has 1 saturated carbocycles. The molecule has 0 radical (unpaired) electrons. The zero-order valence-corrected chi connectivity index (χ0v) is 18.7. The molecule has 2 aliphatic carbocycles. The Morgan fingerprint density at radius 1 is 0.933 bits per heavy atom. The fourth-order valence-corrected chi connectivity index (χ4v) is 5.41. The standard InChI is InChI=1S/C24H30N2O3S/c1-24(2,3)30(28,29)26-18-13-11-16(12-14-18)23(27)25-22-10-6-9-20-19-8-5-4-7-17(19)15-21(20)22/h4-10,16,18,26H,11-15H2,1-3H3,(H,25,27). The highest BCUT2D eigenvalue weighted by Gasteiger charge is 2.34. The zero-order valence-electron chi connectivity index (χ0n) is 17.9. The largest absolute Gasteiger partial charge is 0.326 e. The molecule has 2 N–H and O–H groups in total. The van der Waals surface area contributed by atoms with E-state index < -0.39 is 14.8 Å². The molecule has 5 nitrogen and oxygen atoms in total. The lowest BCUT2D eigenvalue weighted by molar-refractivity contribution is -0.120. The van der Waals surface area contributed by atoms with Gasteiger partial charge in [0.25, 0.3) is 0 Å². The summed E-state index contributed by atoms with van der Waals surface area (Å²) in [5, 5.41) is 3.16. The van der Waals surface area contributed by atoms with Crippen LogP contribution < -0.4 is 10.0 Å². The highest BCUT2D eigenvalue weighted by Crippen LogP contribution is 2.40. The van der Waals surface area contributed by atoms with Crippen LogP contribution in [0.25, 0.3) is 11.1 Å². The third-order valence-corrected chi connectivity index (χ3v) is 8.59. The molecule has 2 aliphatic rings. The normalized spacial score (nSPS) is 21.0. The Morgan fingerprint density at radius 3 is 2.30 bits per heavy atom. The minimum Gasteiger partial charge on any atom is -0.326 e. The van der Waals surface area contributed by atoms with E-state index >= 15 is 0 Å². The molecular formula is C24H30N2O3S. The minimum absolute atomic E-state index is 0.0384. The molecule has 0 heterocycles. The maximum atomic E-state index is 12.9. The second-order valence-electron chi connectivity index (χ2n) is 9.44. The highest BCUT2D eigenvalue weighted by molar-refractivity contribution is 7.90. The first-order valence-electron chi connectivity index (χ1n) is 10.7. The summed E-state index contributed by atoms with van der Waals surface area (Å²) >= 11 is 0. The molecule has 4 rings (SSSR count). The Hall–Kier alpha value is -2.18. The van der Waals surface area contributed by atoms with Gasteiger partial charge in [0.2, 0.25) is 15.9 Å². The van der Waals surface area contributed by atoms with Crippen molar-refractivity contribution < 1.29 is 13.2 Å². The number of hydrogen-bond acceptors (Lipinski definition) is 3. The molecule has 0 saturated heterocycles. The van der Waals surface area contributed by atoms with E-state index in [1.54, 1.807) is 20.8 Å². The van der Waals surface area contributed by atoms with Crippen LogP contribution in [0.1, 0.15) is 57.6 Å². The summed E-state index contributed by atoms with van der Waals surface area (Å²) in [4.78, 5) is 12.9. The topological polar surface area (TPSA) is 75.3 Å². The van der Waals surface area contributed by atoms with Crippen LogP contribution >= 0.6 is 0 Å². The second kappa shape index (κ2) is 7.82. The summed E-state index contributed by atoms with van der Waals surface area (Å²) in [6.45, 7) is 5.10. The molecule has 30 heavy (non-hydrogen) atoms. The first-order chi connectivity index (χ1) is 14.2. The maximum Gasteiger partial charge on any atom is 0.227 e. The van der Waals surface area contributed by atoms with E-state index in [9.17, 15) is 13.2 Å². The van der Waals surface area contributed by atoms with E-state index in [0.29, 0.717) is 25.7 Å². The van der Waals surface area contributed by atoms with E-state index in [1.165, 1.54) is 22.3 Å². The van der Waals surface area contributed by atoms with Crippen LogP contribution in [-0.2, 0) is 21.2 Å². The number of sulfonamides is 1. The van der Waals surface area contributed by atoms with Gasteiger partial charge in [-0.2, -0.15) is 0 Å². The lowest BCUT2D eigenvalue weighted by Gasteiger charge is -2.31. The van der Waals surface area contributed by atoms with Gasteiger partial charge in [0.1, 0.15) is 0 Å². The monoisotopic (exact) mass is 426 g/mol. The Balaban J connectivity index is 1.39. The van der Waals surface area contributed by atoms with E-state index in [4.69, 9.17) is 0 Å². The third kappa shape index (κ3) is 4.03. The van der Waals surface area contributed by atoms with Crippen molar-refractivity contribution in [2.24, 2.45) is 5.92 Å². The summed E-state index contributed by atoms with van der Waals surface area (Å²) in [5.41, 5.74) is 5.81. The van der Waals surface area contributed by atoms with Crippen molar-refractivity contribution in [3.63, 3.8) is 0 Å². The molecule has 2 aromatic rings. The number of fused-ring (bicyclic) bond motifs is 3. The molecule has 6 heteroatoms. The van der Waals surface area contributed by atoms with Gasteiger partial charge in [0.05, 0.1) is 4.75 Å². The summed E-state index contributed by atoms with van der Waals surface area (Å²) in [6.07, 6.45) is 3.59. The molecule has 0 aromatic heterocycles. The number of rotatable bonds is 4. The first-order valence-corrected chi connectivity index (χ1v) is 12.2. The van der Waals surface area contributed by atoms with Gasteiger partial charge < -0.3 is 5.32 Å². The SMILES string of the molecule is CC(C)(C)S(=O)(=O)NC1CCC(C(=O)Nc2cccc3c2Cc2ccccc2-3)CC1. The smallest absolute Gasteiger partial charge is 0.227 e. The first kappa shape index (κ1) is 21.1. The molecule has 2 aromatic carbocycles. The van der Waals surface area contributed by atoms with Crippen molar-refractivity contribution in [1.82, 2.24) is 4.72 Å². The van der Waals surface area contributed by atoms with Crippen molar-refractivity contribution in [3.8, 4) is 11.1 Å². The van der Waals surface area contributed by atoms with Gasteiger partial charge in [-0.25, -0.2) is 13.1 Å². The fourth-order valence-electron chi connectivity index (χ4n) is 4.38. The molecule has 0 atom stereocenters. The Kier molecular flexibility index (Phi) is 5.49. The number of nitrogens with one attached hydrogen (secondary N) is 2. The van der Waals surface area contributed by atoms with Gasteiger partial charge in [-0.1, -0.05) is 36.4 Å². The summed E-state index contributed by atoms with van der Waals surface area (Å²) < 4.78 is 26.8. The van der Waals surface area contributed by atoms with Crippen LogP contribution in [0.15, 0.2) is 42.5 Å². The molecule has 0 bridgehead atoms. The van der Waals surface area contributed by atoms with Gasteiger partial charge in [-0.05, 0) is 74.8 Å². The van der Waals surface area contributed by atoms with Crippen LogP contribution in [-0.4, -0.2) is 25.1 Å². The lowest BCUT2D eigenvalue weighted by atomic mass is 9.86. The number of carbonyl (C=O) groups excluding carboxylic acids is 1. The van der Waals surface area contributed by atoms with Crippen LogP contribution in [0.5, 0.6) is 0 Å². The van der Waals surface area contributed by atoms with Gasteiger partial charge in [0, 0.05) is 24.1 Å². The van der Waals surface area contributed by atoms with Crippen molar-refractivity contribution in [3.05, 3.63) is 53.6 Å². The number of carbonyl (C=O) groups is 1. The molecular weight excluding hydrogens is 396 g/mol. The van der Waals surface area contributed by atoms with Gasteiger partial charge in [0.15, 0.2) is 0 Å². The summed E-state index contributed by atoms with van der Waals surface area (Å²) in [7, 11) is -3.37. The highest BCUT2D eigenvalue weighted by atomic mass is 32.2. The average Bonchev–Trinajstić information content (AvgIpc) is 3.07. The summed E-state index contributed by atoms with van der Waals surface area (Å²) in [5.74, 6) is -0.0449. The molecule has 1 fully saturated rings. The third-order valence-electron chi connectivity index (χ3n) is 6.33. The molecule has 0 spiro atoms. The van der Waals surface area contributed by atoms with Crippen molar-refractivity contribution in [2.75, 3.05) is 5.32 Å². The van der Waals surface area contributed by atoms with Crippen molar-refractivity contribution in [2.45, 2.75) is 63.7 Å². The Bertz CT molecular complexity index is 1060. The molecule has 0 aliphatic heterocycles. The Labute approximate surface area is 179 Å². The van der Waals surface area contributed by atoms with Gasteiger partial charge in [-0.3, -0.25) is 4.79 Å². The van der Waals surface area contributed by atoms with Crippen molar-refractivity contribution in [1.29, 1.82) is 0 Å². The van der Waals surface area contributed by atoms with E-state index in [-0.39, 0.29) is 17.9 Å². The summed E-state index contributed by atoms with van der Waals surface area (Å²) in [6, 6.07) is 14.4. The zero-order chi connectivity index (χ0) is 21.5. The van der Waals surface area contributed by atoms with E-state index in [0.717, 1.165) is 12.1 Å². The predicted molar refractivity (Wildman–Crippen MR) is 121 cm³/mol. The predicted octanol–water partition coefficient (Wildman–Crippen LogP) is 4.47. The second-order valence-corrected chi connectivity index (χ2v) is 11.9. The quantitative estimate of drug-likeness (QED) is 0.646. The molecule has 1 amide bonds. The van der Waals surface area contributed by atoms with E-state index in [2.05, 4.69) is 34.3 Å². The van der Waals surface area contributed by atoms with Gasteiger partial charge >= 0.3 is 0 Å². The fraction of sp³-hybridized carbons (Fsp3) is 0.458. The number of anilines is 1. The number of hydrogen-bond donors (Lipinski definition) is 2. The molecule has 0 unspecified atom stereocenters. The van der Waals surface area contributed by atoms with Crippen LogP contribution in [0.4, 0.5) is 5.69 Å². The van der Waals surface area contributed by atoms with Crippen LogP contribution in [0, 0.1) is 5.92 Å². The average molecular weight is 427 g/mol. The van der Waals surface area contributed by atoms with Crippen LogP contribution in [0.3, 0.4) is 0 Å². The van der Waals surface area contributed by atoms with Gasteiger partial charge in [-0.15, -0.1) is 0 Å². The van der Waals surface area contributed by atoms with Crippen molar-refractivity contribution >= 4 is 21.6 Å². The Morgan fingerprint density at radius 2 is 1.60 bits per heavy atom. The number of amides is 1. The lowest BCUT2D eigenvalue weighted by Crippen LogP contribution is -2.46. The van der Waals surface area contributed by atoms with Crippen LogP contribution in [0.2, 0.25) is 0 Å². The molecule has 160 valence electrons. The minimum atomic E-state index is -3.37. The number of benzene rings is 2. The van der Waals surface area contributed by atoms with E-state index in [1.807, 2.05) is 18.2 Å². The maximum absolute atomic E-state index is 12.9.